The van der Waals surface area contributed by atoms with Gasteiger partial charge in [-0.05, 0) is 37.1 Å². The molecule has 1 atom stereocenters. The van der Waals surface area contributed by atoms with E-state index in [0.717, 1.165) is 30.6 Å². The zero-order valence-electron chi connectivity index (χ0n) is 12.4. The summed E-state index contributed by atoms with van der Waals surface area (Å²) in [7, 11) is 1.92. The summed E-state index contributed by atoms with van der Waals surface area (Å²) in [5.41, 5.74) is 2.56. The minimum atomic E-state index is -0.00704. The molecule has 4 rings (SSSR count). The second kappa shape index (κ2) is 4.98. The Morgan fingerprint density at radius 3 is 3.09 bits per heavy atom. The van der Waals surface area contributed by atoms with Crippen molar-refractivity contribution in [3.63, 3.8) is 0 Å². The van der Waals surface area contributed by atoms with Crippen molar-refractivity contribution in [1.29, 1.82) is 0 Å². The van der Waals surface area contributed by atoms with E-state index in [1.807, 2.05) is 51.5 Å². The molecule has 1 unspecified atom stereocenters. The van der Waals surface area contributed by atoms with Crippen LogP contribution in [0.2, 0.25) is 0 Å². The van der Waals surface area contributed by atoms with Crippen LogP contribution in [0.1, 0.15) is 35.1 Å². The van der Waals surface area contributed by atoms with Crippen molar-refractivity contribution in [2.24, 2.45) is 7.05 Å². The molecule has 0 aliphatic carbocycles. The summed E-state index contributed by atoms with van der Waals surface area (Å²) >= 11 is 0. The number of carbonyl (C=O) groups excluding carboxylic acids is 1. The van der Waals surface area contributed by atoms with Crippen LogP contribution >= 0.6 is 0 Å². The number of likely N-dealkylation sites (tertiary alicyclic amines) is 1. The molecule has 6 heteroatoms. The lowest BCUT2D eigenvalue weighted by Gasteiger charge is -2.24. The molecule has 4 heterocycles. The van der Waals surface area contributed by atoms with Gasteiger partial charge >= 0.3 is 0 Å². The van der Waals surface area contributed by atoms with Gasteiger partial charge in [0, 0.05) is 31.5 Å². The Labute approximate surface area is 128 Å². The van der Waals surface area contributed by atoms with E-state index in [0.29, 0.717) is 5.69 Å². The minimum absolute atomic E-state index is 0.00704. The number of aryl methyl sites for hydroxylation is 1. The Morgan fingerprint density at radius 1 is 1.36 bits per heavy atom. The number of nitrogens with zero attached hydrogens (tertiary/aromatic N) is 5. The molecule has 0 saturated carbocycles. The number of carbonyl (C=O) groups is 1. The fourth-order valence-electron chi connectivity index (χ4n) is 3.23. The van der Waals surface area contributed by atoms with Crippen molar-refractivity contribution in [2.45, 2.75) is 18.9 Å². The topological polar surface area (TPSA) is 55.4 Å². The van der Waals surface area contributed by atoms with Gasteiger partial charge in [0.05, 0.1) is 18.1 Å². The van der Waals surface area contributed by atoms with Crippen LogP contribution in [0.3, 0.4) is 0 Å². The number of rotatable bonds is 2. The summed E-state index contributed by atoms with van der Waals surface area (Å²) < 4.78 is 3.75. The zero-order chi connectivity index (χ0) is 15.1. The van der Waals surface area contributed by atoms with Gasteiger partial charge in [-0.15, -0.1) is 0 Å². The average molecular weight is 295 g/mol. The summed E-state index contributed by atoms with van der Waals surface area (Å²) in [6, 6.07) is 7.84. The van der Waals surface area contributed by atoms with Crippen LogP contribution in [-0.4, -0.2) is 36.5 Å². The van der Waals surface area contributed by atoms with Gasteiger partial charge in [0.15, 0.2) is 0 Å². The van der Waals surface area contributed by atoms with Gasteiger partial charge < -0.3 is 9.30 Å². The third-order valence-corrected chi connectivity index (χ3v) is 4.35. The highest BCUT2D eigenvalue weighted by molar-refractivity contribution is 5.93. The molecule has 0 spiro atoms. The van der Waals surface area contributed by atoms with Crippen molar-refractivity contribution in [3.05, 3.63) is 54.4 Å². The SMILES string of the molecule is Cn1nccc1C1CCCN1C(=O)c1cc2cccn2cn1. The third-order valence-electron chi connectivity index (χ3n) is 4.35. The van der Waals surface area contributed by atoms with Crippen molar-refractivity contribution in [3.8, 4) is 0 Å². The highest BCUT2D eigenvalue weighted by atomic mass is 16.2. The van der Waals surface area contributed by atoms with Gasteiger partial charge in [0.1, 0.15) is 5.69 Å². The molecule has 1 aliphatic heterocycles. The minimum Gasteiger partial charge on any atom is -0.329 e. The number of fused-ring (bicyclic) bond motifs is 1. The molecule has 0 aromatic carbocycles. The first-order valence-corrected chi connectivity index (χ1v) is 7.45. The highest BCUT2D eigenvalue weighted by Crippen LogP contribution is 2.32. The molecule has 0 N–H and O–H groups in total. The average Bonchev–Trinajstić information content (AvgIpc) is 3.25. The molecule has 112 valence electrons. The molecule has 3 aromatic rings. The van der Waals surface area contributed by atoms with E-state index in [9.17, 15) is 4.79 Å². The summed E-state index contributed by atoms with van der Waals surface area (Å²) in [6.45, 7) is 0.766. The predicted molar refractivity (Wildman–Crippen MR) is 81.4 cm³/mol. The van der Waals surface area contributed by atoms with Crippen LogP contribution in [0.25, 0.3) is 5.52 Å². The Hall–Kier alpha value is -2.63. The molecule has 1 saturated heterocycles. The molecule has 3 aromatic heterocycles. The van der Waals surface area contributed by atoms with Gasteiger partial charge in [0.25, 0.3) is 5.91 Å². The summed E-state index contributed by atoms with van der Waals surface area (Å²) in [5, 5.41) is 4.22. The van der Waals surface area contributed by atoms with Crippen LogP contribution in [0.4, 0.5) is 0 Å². The van der Waals surface area contributed by atoms with E-state index in [4.69, 9.17) is 0 Å². The van der Waals surface area contributed by atoms with Crippen LogP contribution in [0, 0.1) is 0 Å². The van der Waals surface area contributed by atoms with E-state index in [1.165, 1.54) is 0 Å². The Kier molecular flexibility index (Phi) is 2.96. The maximum Gasteiger partial charge on any atom is 0.273 e. The third kappa shape index (κ3) is 1.99. The fourth-order valence-corrected chi connectivity index (χ4v) is 3.23. The molecule has 1 amide bonds. The molecule has 22 heavy (non-hydrogen) atoms. The molecule has 6 nitrogen and oxygen atoms in total. The van der Waals surface area contributed by atoms with Gasteiger partial charge in [-0.3, -0.25) is 9.48 Å². The van der Waals surface area contributed by atoms with E-state index < -0.39 is 0 Å². The van der Waals surface area contributed by atoms with Crippen LogP contribution in [0.5, 0.6) is 0 Å². The van der Waals surface area contributed by atoms with Crippen LogP contribution in [-0.2, 0) is 7.05 Å². The normalized spacial score (nSPS) is 18.2. The van der Waals surface area contributed by atoms with Gasteiger partial charge in [-0.1, -0.05) is 0 Å². The Balaban J connectivity index is 1.67. The van der Waals surface area contributed by atoms with Crippen LogP contribution in [0.15, 0.2) is 43.0 Å². The van der Waals surface area contributed by atoms with E-state index in [-0.39, 0.29) is 11.9 Å². The second-order valence-electron chi connectivity index (χ2n) is 5.65. The molecule has 1 fully saturated rings. The lowest BCUT2D eigenvalue weighted by molar-refractivity contribution is 0.0724. The number of amides is 1. The molecular formula is C16H17N5O. The zero-order valence-corrected chi connectivity index (χ0v) is 12.4. The van der Waals surface area contributed by atoms with E-state index in [1.54, 1.807) is 12.5 Å². The number of aromatic nitrogens is 4. The van der Waals surface area contributed by atoms with Crippen molar-refractivity contribution >= 4 is 11.4 Å². The Morgan fingerprint density at radius 2 is 2.27 bits per heavy atom. The largest absolute Gasteiger partial charge is 0.329 e. The first-order chi connectivity index (χ1) is 10.7. The maximum absolute atomic E-state index is 12.9. The monoisotopic (exact) mass is 295 g/mol. The molecular weight excluding hydrogens is 278 g/mol. The van der Waals surface area contributed by atoms with Gasteiger partial charge in [-0.2, -0.15) is 5.10 Å². The summed E-state index contributed by atoms with van der Waals surface area (Å²) in [6.07, 6.45) is 7.37. The summed E-state index contributed by atoms with van der Waals surface area (Å²) in [5.74, 6) is -0.00704. The van der Waals surface area contributed by atoms with Crippen LogP contribution < -0.4 is 0 Å². The van der Waals surface area contributed by atoms with E-state index >= 15 is 0 Å². The Bertz CT molecular complexity index is 834. The maximum atomic E-state index is 12.9. The highest BCUT2D eigenvalue weighted by Gasteiger charge is 2.32. The smallest absolute Gasteiger partial charge is 0.273 e. The fraction of sp³-hybridized carbons (Fsp3) is 0.312. The van der Waals surface area contributed by atoms with Gasteiger partial charge in [0.2, 0.25) is 0 Å². The van der Waals surface area contributed by atoms with E-state index in [2.05, 4.69) is 10.1 Å². The lowest BCUT2D eigenvalue weighted by atomic mass is 10.1. The molecule has 1 aliphatic rings. The standard InChI is InChI=1S/C16H17N5O/c1-19-14(6-7-18-19)15-5-3-9-21(15)16(22)13-10-12-4-2-8-20(12)11-17-13/h2,4,6-8,10-11,15H,3,5,9H2,1H3. The van der Waals surface area contributed by atoms with Gasteiger partial charge in [-0.25, -0.2) is 4.98 Å². The summed E-state index contributed by atoms with van der Waals surface area (Å²) in [4.78, 5) is 19.1. The lowest BCUT2D eigenvalue weighted by Crippen LogP contribution is -2.32. The van der Waals surface area contributed by atoms with Crippen molar-refractivity contribution < 1.29 is 4.79 Å². The van der Waals surface area contributed by atoms with Crippen molar-refractivity contribution in [2.75, 3.05) is 6.54 Å². The molecule has 0 radical (unpaired) electrons. The van der Waals surface area contributed by atoms with Crippen molar-refractivity contribution in [1.82, 2.24) is 24.1 Å². The molecule has 0 bridgehead atoms. The first-order valence-electron chi connectivity index (χ1n) is 7.45. The second-order valence-corrected chi connectivity index (χ2v) is 5.65. The number of hydrogen-bond donors (Lipinski definition) is 0. The first kappa shape index (κ1) is 13.1. The predicted octanol–water partition coefficient (Wildman–Crippen LogP) is 2.05. The quantitative estimate of drug-likeness (QED) is 0.727. The number of hydrogen-bond acceptors (Lipinski definition) is 3.